The second-order valence-corrected chi connectivity index (χ2v) is 2.84. The molecule has 0 rings (SSSR count). The quantitative estimate of drug-likeness (QED) is 0.584. The van der Waals surface area contributed by atoms with Crippen LogP contribution in [0.25, 0.3) is 0 Å². The van der Waals surface area contributed by atoms with Gasteiger partial charge in [-0.05, 0) is 12.3 Å². The average molecular weight is 139 g/mol. The second kappa shape index (κ2) is 5.32. The molecule has 0 aliphatic heterocycles. The summed E-state index contributed by atoms with van der Waals surface area (Å²) in [7, 11) is 0. The van der Waals surface area contributed by atoms with Gasteiger partial charge in [0, 0.05) is 6.04 Å². The highest BCUT2D eigenvalue weighted by molar-refractivity contribution is 4.88. The standard InChI is InChI=1S/C9H17N/c1-5-7-10-9(6-2)8(3)4/h1,8-10H,6-7H2,2-4H3. The molecule has 1 unspecified atom stereocenters. The van der Waals surface area contributed by atoms with Crippen molar-refractivity contribution in [3.8, 4) is 12.3 Å². The van der Waals surface area contributed by atoms with Gasteiger partial charge in [-0.15, -0.1) is 6.42 Å². The van der Waals surface area contributed by atoms with Crippen LogP contribution in [-0.2, 0) is 0 Å². The predicted octanol–water partition coefficient (Wildman–Crippen LogP) is 1.64. The van der Waals surface area contributed by atoms with Gasteiger partial charge in [-0.25, -0.2) is 0 Å². The lowest BCUT2D eigenvalue weighted by atomic mass is 10.0. The number of rotatable bonds is 4. The van der Waals surface area contributed by atoms with Gasteiger partial charge in [0.05, 0.1) is 6.54 Å². The van der Waals surface area contributed by atoms with Crippen molar-refractivity contribution in [2.24, 2.45) is 5.92 Å². The highest BCUT2D eigenvalue weighted by Gasteiger charge is 2.07. The SMILES string of the molecule is C#CCNC(CC)C(C)C. The van der Waals surface area contributed by atoms with Crippen molar-refractivity contribution in [1.82, 2.24) is 5.32 Å². The Balaban J connectivity index is 3.52. The van der Waals surface area contributed by atoms with Gasteiger partial charge in [-0.2, -0.15) is 0 Å². The van der Waals surface area contributed by atoms with Crippen molar-refractivity contribution in [3.63, 3.8) is 0 Å². The predicted molar refractivity (Wildman–Crippen MR) is 45.8 cm³/mol. The average Bonchev–Trinajstić information content (AvgIpc) is 1.89. The van der Waals surface area contributed by atoms with E-state index in [2.05, 4.69) is 32.0 Å². The number of hydrogen-bond acceptors (Lipinski definition) is 1. The van der Waals surface area contributed by atoms with Crippen LogP contribution >= 0.6 is 0 Å². The van der Waals surface area contributed by atoms with Crippen molar-refractivity contribution in [2.45, 2.75) is 33.2 Å². The zero-order valence-electron chi connectivity index (χ0n) is 7.15. The van der Waals surface area contributed by atoms with E-state index in [9.17, 15) is 0 Å². The molecular weight excluding hydrogens is 122 g/mol. The van der Waals surface area contributed by atoms with E-state index in [1.807, 2.05) is 0 Å². The van der Waals surface area contributed by atoms with Crippen LogP contribution in [0.4, 0.5) is 0 Å². The minimum absolute atomic E-state index is 0.580. The van der Waals surface area contributed by atoms with Crippen LogP contribution in [-0.4, -0.2) is 12.6 Å². The van der Waals surface area contributed by atoms with Crippen LogP contribution in [0.3, 0.4) is 0 Å². The second-order valence-electron chi connectivity index (χ2n) is 2.84. The minimum Gasteiger partial charge on any atom is -0.303 e. The summed E-state index contributed by atoms with van der Waals surface area (Å²) >= 11 is 0. The molecule has 0 amide bonds. The molecule has 58 valence electrons. The highest BCUT2D eigenvalue weighted by Crippen LogP contribution is 2.03. The van der Waals surface area contributed by atoms with E-state index in [1.54, 1.807) is 0 Å². The third-order valence-electron chi connectivity index (χ3n) is 1.71. The van der Waals surface area contributed by atoms with Gasteiger partial charge in [0.25, 0.3) is 0 Å². The summed E-state index contributed by atoms with van der Waals surface area (Å²) in [4.78, 5) is 0. The zero-order chi connectivity index (χ0) is 7.98. The Kier molecular flexibility index (Phi) is 5.06. The van der Waals surface area contributed by atoms with Crippen LogP contribution in [0.5, 0.6) is 0 Å². The highest BCUT2D eigenvalue weighted by atomic mass is 14.9. The molecule has 0 spiro atoms. The van der Waals surface area contributed by atoms with E-state index in [4.69, 9.17) is 6.42 Å². The molecule has 0 aromatic rings. The van der Waals surface area contributed by atoms with Gasteiger partial charge >= 0.3 is 0 Å². The maximum Gasteiger partial charge on any atom is 0.0576 e. The molecule has 0 aromatic carbocycles. The van der Waals surface area contributed by atoms with Gasteiger partial charge in [0.15, 0.2) is 0 Å². The molecule has 1 N–H and O–H groups in total. The maximum atomic E-state index is 5.12. The van der Waals surface area contributed by atoms with Gasteiger partial charge in [0.2, 0.25) is 0 Å². The Labute approximate surface area is 64.2 Å². The summed E-state index contributed by atoms with van der Waals surface area (Å²) in [5, 5.41) is 3.28. The van der Waals surface area contributed by atoms with Crippen molar-refractivity contribution < 1.29 is 0 Å². The first-order valence-electron chi connectivity index (χ1n) is 3.89. The van der Waals surface area contributed by atoms with Gasteiger partial charge in [0.1, 0.15) is 0 Å². The summed E-state index contributed by atoms with van der Waals surface area (Å²) in [6.07, 6.45) is 6.27. The molecule has 0 heterocycles. The lowest BCUT2D eigenvalue weighted by Gasteiger charge is -2.18. The smallest absolute Gasteiger partial charge is 0.0576 e. The van der Waals surface area contributed by atoms with E-state index in [0.717, 1.165) is 6.42 Å². The Hall–Kier alpha value is -0.480. The van der Waals surface area contributed by atoms with Gasteiger partial charge in [-0.1, -0.05) is 26.7 Å². The normalized spacial score (nSPS) is 13.1. The van der Waals surface area contributed by atoms with Crippen LogP contribution in [0.15, 0.2) is 0 Å². The molecule has 1 atom stereocenters. The van der Waals surface area contributed by atoms with Crippen molar-refractivity contribution in [3.05, 3.63) is 0 Å². The summed E-state index contributed by atoms with van der Waals surface area (Å²) in [5.41, 5.74) is 0. The van der Waals surface area contributed by atoms with Crippen LogP contribution < -0.4 is 5.32 Å². The fourth-order valence-electron chi connectivity index (χ4n) is 1.04. The van der Waals surface area contributed by atoms with Crippen molar-refractivity contribution in [1.29, 1.82) is 0 Å². The van der Waals surface area contributed by atoms with Crippen molar-refractivity contribution in [2.75, 3.05) is 6.54 Å². The first-order chi connectivity index (χ1) is 4.72. The molecule has 0 aliphatic carbocycles. The summed E-state index contributed by atoms with van der Waals surface area (Å²) in [6, 6.07) is 0.580. The number of nitrogens with one attached hydrogen (secondary N) is 1. The molecule has 0 bridgehead atoms. The molecular formula is C9H17N. The van der Waals surface area contributed by atoms with E-state index < -0.39 is 0 Å². The van der Waals surface area contributed by atoms with E-state index in [1.165, 1.54) is 0 Å². The van der Waals surface area contributed by atoms with E-state index >= 15 is 0 Å². The third-order valence-corrected chi connectivity index (χ3v) is 1.71. The fourth-order valence-corrected chi connectivity index (χ4v) is 1.04. The molecule has 0 aromatic heterocycles. The zero-order valence-corrected chi connectivity index (χ0v) is 7.15. The lowest BCUT2D eigenvalue weighted by molar-refractivity contribution is 0.406. The summed E-state index contributed by atoms with van der Waals surface area (Å²) in [5.74, 6) is 3.26. The van der Waals surface area contributed by atoms with Crippen LogP contribution in [0, 0.1) is 18.3 Å². The van der Waals surface area contributed by atoms with Crippen LogP contribution in [0.2, 0.25) is 0 Å². The first-order valence-corrected chi connectivity index (χ1v) is 3.89. The molecule has 1 heteroatoms. The topological polar surface area (TPSA) is 12.0 Å². The molecule has 1 nitrogen and oxygen atoms in total. The Morgan fingerprint density at radius 1 is 1.50 bits per heavy atom. The minimum atomic E-state index is 0.580. The maximum absolute atomic E-state index is 5.12. The number of terminal acetylenes is 1. The van der Waals surface area contributed by atoms with Crippen molar-refractivity contribution >= 4 is 0 Å². The fraction of sp³-hybridized carbons (Fsp3) is 0.778. The summed E-state index contributed by atoms with van der Waals surface area (Å²) < 4.78 is 0. The largest absolute Gasteiger partial charge is 0.303 e. The number of hydrogen-bond donors (Lipinski definition) is 1. The Morgan fingerprint density at radius 2 is 2.10 bits per heavy atom. The molecule has 0 aliphatic rings. The lowest BCUT2D eigenvalue weighted by Crippen LogP contribution is -2.33. The van der Waals surface area contributed by atoms with E-state index in [0.29, 0.717) is 18.5 Å². The van der Waals surface area contributed by atoms with Crippen LogP contribution in [0.1, 0.15) is 27.2 Å². The van der Waals surface area contributed by atoms with Gasteiger partial charge in [-0.3, -0.25) is 0 Å². The molecule has 10 heavy (non-hydrogen) atoms. The Morgan fingerprint density at radius 3 is 2.40 bits per heavy atom. The summed E-state index contributed by atoms with van der Waals surface area (Å²) in [6.45, 7) is 7.28. The first kappa shape index (κ1) is 9.52. The molecule has 0 saturated heterocycles. The molecule has 0 radical (unpaired) electrons. The molecule has 0 saturated carbocycles. The third kappa shape index (κ3) is 3.53. The monoisotopic (exact) mass is 139 g/mol. The Bertz CT molecular complexity index is 110. The van der Waals surface area contributed by atoms with Gasteiger partial charge < -0.3 is 5.32 Å². The van der Waals surface area contributed by atoms with E-state index in [-0.39, 0.29) is 0 Å². The molecule has 0 fully saturated rings.